The Bertz CT molecular complexity index is 858. The van der Waals surface area contributed by atoms with Gasteiger partial charge in [0.2, 0.25) is 0 Å². The van der Waals surface area contributed by atoms with E-state index in [-0.39, 0.29) is 15.7 Å². The lowest BCUT2D eigenvalue weighted by Crippen LogP contribution is -2.27. The minimum atomic E-state index is -3.90. The van der Waals surface area contributed by atoms with E-state index in [1.807, 2.05) is 0 Å². The van der Waals surface area contributed by atoms with Gasteiger partial charge in [-0.1, -0.05) is 16.8 Å². The third-order valence-corrected chi connectivity index (χ3v) is 5.27. The van der Waals surface area contributed by atoms with Crippen molar-refractivity contribution < 1.29 is 27.6 Å². The summed E-state index contributed by atoms with van der Waals surface area (Å²) in [5.41, 5.74) is 0.781. The van der Waals surface area contributed by atoms with Gasteiger partial charge < -0.3 is 14.4 Å². The molecule has 0 bridgehead atoms. The van der Waals surface area contributed by atoms with Crippen molar-refractivity contribution in [2.24, 2.45) is 0 Å². The molecular formula is C14H15ClN2O6S. The Hall–Kier alpha value is -2.26. The summed E-state index contributed by atoms with van der Waals surface area (Å²) in [6, 6.07) is 3.79. The molecule has 2 rings (SSSR count). The number of aryl methyl sites for hydroxylation is 2. The Balaban J connectivity index is 2.36. The van der Waals surface area contributed by atoms with Crippen LogP contribution in [0.2, 0.25) is 5.02 Å². The van der Waals surface area contributed by atoms with Gasteiger partial charge in [0, 0.05) is 7.05 Å². The number of benzene rings is 1. The maximum absolute atomic E-state index is 12.7. The van der Waals surface area contributed by atoms with Gasteiger partial charge in [-0.15, -0.1) is 0 Å². The molecule has 0 aliphatic heterocycles. The van der Waals surface area contributed by atoms with E-state index in [0.29, 0.717) is 17.1 Å². The third-order valence-electron chi connectivity index (χ3n) is 3.22. The predicted octanol–water partition coefficient (Wildman–Crippen LogP) is 2.23. The number of carboxylic acids is 1. The molecule has 0 atom stereocenters. The van der Waals surface area contributed by atoms with Gasteiger partial charge in [-0.05, 0) is 32.0 Å². The fourth-order valence-corrected chi connectivity index (χ4v) is 3.73. The normalized spacial score (nSPS) is 11.3. The van der Waals surface area contributed by atoms with Crippen LogP contribution in [0.3, 0.4) is 0 Å². The molecule has 1 heterocycles. The lowest BCUT2D eigenvalue weighted by molar-refractivity contribution is -0.139. The largest absolute Gasteiger partial charge is 0.480 e. The molecule has 2 aromatic rings. The molecule has 0 saturated heterocycles. The minimum absolute atomic E-state index is 0.00973. The highest BCUT2D eigenvalue weighted by Crippen LogP contribution is 2.32. The Morgan fingerprint density at radius 1 is 1.42 bits per heavy atom. The molecule has 8 nitrogen and oxygen atoms in total. The van der Waals surface area contributed by atoms with Crippen molar-refractivity contribution in [3.63, 3.8) is 0 Å². The molecule has 0 saturated carbocycles. The van der Waals surface area contributed by atoms with E-state index in [4.69, 9.17) is 26.0 Å². The summed E-state index contributed by atoms with van der Waals surface area (Å²) >= 11 is 5.98. The maximum atomic E-state index is 12.7. The van der Waals surface area contributed by atoms with E-state index >= 15 is 0 Å². The van der Waals surface area contributed by atoms with Crippen molar-refractivity contribution in [1.29, 1.82) is 0 Å². The number of rotatable bonds is 6. The van der Waals surface area contributed by atoms with Crippen LogP contribution in [-0.2, 0) is 14.8 Å². The first-order valence-corrected chi connectivity index (χ1v) is 8.52. The zero-order valence-electron chi connectivity index (χ0n) is 13.1. The zero-order chi connectivity index (χ0) is 18.1. The van der Waals surface area contributed by atoms with Gasteiger partial charge in [-0.25, -0.2) is 13.2 Å². The molecule has 0 spiro atoms. The smallest absolute Gasteiger partial charge is 0.341 e. The summed E-state index contributed by atoms with van der Waals surface area (Å²) in [5.74, 6) is -0.718. The highest BCUT2D eigenvalue weighted by Gasteiger charge is 2.27. The predicted molar refractivity (Wildman–Crippen MR) is 86.1 cm³/mol. The number of ether oxygens (including phenoxy) is 1. The van der Waals surface area contributed by atoms with Gasteiger partial charge in [0.1, 0.15) is 17.1 Å². The summed E-state index contributed by atoms with van der Waals surface area (Å²) < 4.78 is 36.5. The number of hydrogen-bond donors (Lipinski definition) is 1. The van der Waals surface area contributed by atoms with Crippen LogP contribution >= 0.6 is 11.6 Å². The number of hydrogen-bond acceptors (Lipinski definition) is 6. The number of halogens is 1. The number of nitrogens with zero attached hydrogens (tertiary/aromatic N) is 2. The van der Waals surface area contributed by atoms with Crippen LogP contribution in [0.1, 0.15) is 11.5 Å². The summed E-state index contributed by atoms with van der Waals surface area (Å²) in [7, 11) is -2.52. The van der Waals surface area contributed by atoms with Crippen LogP contribution in [0.15, 0.2) is 27.6 Å². The minimum Gasteiger partial charge on any atom is -0.480 e. The summed E-state index contributed by atoms with van der Waals surface area (Å²) in [4.78, 5) is 10.4. The first-order valence-electron chi connectivity index (χ1n) is 6.70. The molecule has 1 aromatic heterocycles. The van der Waals surface area contributed by atoms with E-state index in [1.165, 1.54) is 25.2 Å². The lowest BCUT2D eigenvalue weighted by Gasteiger charge is -2.19. The molecule has 10 heteroatoms. The highest BCUT2D eigenvalue weighted by atomic mass is 35.5. The van der Waals surface area contributed by atoms with Gasteiger partial charge in [0.25, 0.3) is 10.0 Å². The van der Waals surface area contributed by atoms with Crippen LogP contribution in [0.25, 0.3) is 0 Å². The van der Waals surface area contributed by atoms with Crippen molar-refractivity contribution in [3.8, 4) is 5.75 Å². The van der Waals surface area contributed by atoms with E-state index in [9.17, 15) is 13.2 Å². The fraction of sp³-hybridized carbons (Fsp3) is 0.286. The first kappa shape index (κ1) is 18.1. The van der Waals surface area contributed by atoms with E-state index in [0.717, 1.165) is 4.31 Å². The molecule has 1 N–H and O–H groups in total. The summed E-state index contributed by atoms with van der Waals surface area (Å²) in [5, 5.41) is 12.3. The zero-order valence-corrected chi connectivity index (χ0v) is 14.7. The summed E-state index contributed by atoms with van der Waals surface area (Å²) in [6.07, 6.45) is 0. The second-order valence-electron chi connectivity index (χ2n) is 4.92. The highest BCUT2D eigenvalue weighted by molar-refractivity contribution is 7.92. The Morgan fingerprint density at radius 2 is 2.08 bits per heavy atom. The van der Waals surface area contributed by atoms with Gasteiger partial charge in [0.15, 0.2) is 12.4 Å². The molecule has 0 amide bonds. The lowest BCUT2D eigenvalue weighted by atomic mass is 10.3. The molecule has 0 radical (unpaired) electrons. The molecule has 0 fully saturated rings. The standard InChI is InChI=1S/C14H15ClN2O6S/c1-8-14(9(2)23-16-8)17(3)24(20,21)10-4-5-12(11(15)6-10)22-7-13(18)19/h4-6H,7H2,1-3H3,(H,18,19). The number of carboxylic acid groups (broad SMARTS) is 1. The number of sulfonamides is 1. The Kier molecular flexibility index (Phi) is 5.05. The molecule has 0 unspecified atom stereocenters. The van der Waals surface area contributed by atoms with Crippen molar-refractivity contribution >= 4 is 33.3 Å². The van der Waals surface area contributed by atoms with Crippen molar-refractivity contribution in [1.82, 2.24) is 5.16 Å². The quantitative estimate of drug-likeness (QED) is 0.825. The summed E-state index contributed by atoms with van der Waals surface area (Å²) in [6.45, 7) is 2.66. The molecule has 1 aromatic carbocycles. The van der Waals surface area contributed by atoms with Gasteiger partial charge in [-0.2, -0.15) is 0 Å². The molecular weight excluding hydrogens is 360 g/mol. The Morgan fingerprint density at radius 3 is 2.58 bits per heavy atom. The topological polar surface area (TPSA) is 110 Å². The van der Waals surface area contributed by atoms with Crippen LogP contribution in [0.5, 0.6) is 5.75 Å². The van der Waals surface area contributed by atoms with E-state index in [1.54, 1.807) is 13.8 Å². The van der Waals surface area contributed by atoms with Crippen molar-refractivity contribution in [2.75, 3.05) is 18.0 Å². The molecule has 24 heavy (non-hydrogen) atoms. The van der Waals surface area contributed by atoms with Crippen molar-refractivity contribution in [2.45, 2.75) is 18.7 Å². The van der Waals surface area contributed by atoms with Crippen LogP contribution in [0, 0.1) is 13.8 Å². The number of aromatic nitrogens is 1. The molecule has 0 aliphatic carbocycles. The van der Waals surface area contributed by atoms with E-state index < -0.39 is 22.6 Å². The number of aliphatic carboxylic acids is 1. The average molecular weight is 375 g/mol. The molecule has 0 aliphatic rings. The second-order valence-corrected chi connectivity index (χ2v) is 7.30. The van der Waals surface area contributed by atoms with Crippen molar-refractivity contribution in [3.05, 3.63) is 34.7 Å². The Labute approximate surface area is 143 Å². The van der Waals surface area contributed by atoms with Gasteiger partial charge >= 0.3 is 5.97 Å². The third kappa shape index (κ3) is 3.46. The van der Waals surface area contributed by atoms with Gasteiger partial charge in [-0.3, -0.25) is 4.31 Å². The SMILES string of the molecule is Cc1noc(C)c1N(C)S(=O)(=O)c1ccc(OCC(=O)O)c(Cl)c1. The van der Waals surface area contributed by atoms with Gasteiger partial charge in [0.05, 0.1) is 9.92 Å². The van der Waals surface area contributed by atoms with Crippen LogP contribution in [0.4, 0.5) is 5.69 Å². The first-order chi connectivity index (χ1) is 11.1. The van der Waals surface area contributed by atoms with Crippen LogP contribution < -0.4 is 9.04 Å². The van der Waals surface area contributed by atoms with Crippen LogP contribution in [-0.4, -0.2) is 38.3 Å². The fourth-order valence-electron chi connectivity index (χ4n) is 2.10. The average Bonchev–Trinajstić information content (AvgIpc) is 2.83. The number of carbonyl (C=O) groups is 1. The number of anilines is 1. The maximum Gasteiger partial charge on any atom is 0.341 e. The second kappa shape index (κ2) is 6.70. The van der Waals surface area contributed by atoms with E-state index in [2.05, 4.69) is 5.16 Å². The monoisotopic (exact) mass is 374 g/mol. The molecule has 130 valence electrons.